The van der Waals surface area contributed by atoms with E-state index in [1.165, 1.54) is 0 Å². The van der Waals surface area contributed by atoms with Crippen LogP contribution in [0.2, 0.25) is 0 Å². The molecule has 1 atom stereocenters. The highest BCUT2D eigenvalue weighted by Gasteiger charge is 2.47. The van der Waals surface area contributed by atoms with E-state index in [0.29, 0.717) is 38.6 Å². The topological polar surface area (TPSA) is 68.7 Å². The summed E-state index contributed by atoms with van der Waals surface area (Å²) in [7, 11) is -3.10. The molecule has 3 rings (SSSR count). The average Bonchev–Trinajstić information content (AvgIpc) is 3.02. The minimum Gasteiger partial charge on any atom is -0.377 e. The maximum atomic E-state index is 12.3. The van der Waals surface area contributed by atoms with Gasteiger partial charge in [0.15, 0.2) is 0 Å². The van der Waals surface area contributed by atoms with Crippen LogP contribution in [0.25, 0.3) is 0 Å². The van der Waals surface area contributed by atoms with Gasteiger partial charge in [0.05, 0.1) is 18.0 Å². The molecule has 1 aromatic heterocycles. The highest BCUT2D eigenvalue weighted by molar-refractivity contribution is 7.89. The summed E-state index contributed by atoms with van der Waals surface area (Å²) in [4.78, 5) is 4.10. The van der Waals surface area contributed by atoms with E-state index in [2.05, 4.69) is 4.98 Å². The Hall–Kier alpha value is -1.02. The highest BCUT2D eigenvalue weighted by atomic mass is 32.2. The molecule has 2 saturated heterocycles. The molecule has 0 bridgehead atoms. The first-order chi connectivity index (χ1) is 12.6. The molecule has 1 aromatic rings. The van der Waals surface area contributed by atoms with Gasteiger partial charge < -0.3 is 9.47 Å². The van der Waals surface area contributed by atoms with Crippen molar-refractivity contribution in [2.24, 2.45) is 5.92 Å². The zero-order valence-electron chi connectivity index (χ0n) is 15.6. The number of sulfonamides is 1. The van der Waals surface area contributed by atoms with Gasteiger partial charge in [0.25, 0.3) is 0 Å². The lowest BCUT2D eigenvalue weighted by Crippen LogP contribution is -2.50. The van der Waals surface area contributed by atoms with E-state index in [0.717, 1.165) is 37.9 Å². The quantitative estimate of drug-likeness (QED) is 0.647. The first-order valence-electron chi connectivity index (χ1n) is 9.64. The molecule has 146 valence electrons. The van der Waals surface area contributed by atoms with E-state index < -0.39 is 10.0 Å². The van der Waals surface area contributed by atoms with Crippen LogP contribution in [0, 0.1) is 5.92 Å². The van der Waals surface area contributed by atoms with Crippen molar-refractivity contribution in [3.05, 3.63) is 30.1 Å². The number of hydrogen-bond acceptors (Lipinski definition) is 5. The van der Waals surface area contributed by atoms with Crippen molar-refractivity contribution < 1.29 is 17.9 Å². The summed E-state index contributed by atoms with van der Waals surface area (Å²) in [5.74, 6) is 0.694. The Morgan fingerprint density at radius 3 is 2.88 bits per heavy atom. The van der Waals surface area contributed by atoms with Crippen LogP contribution >= 0.6 is 0 Å². The molecule has 6 nitrogen and oxygen atoms in total. The maximum Gasteiger partial charge on any atom is 0.214 e. The summed E-state index contributed by atoms with van der Waals surface area (Å²) in [5.41, 5.74) is 0.926. The third-order valence-corrected chi connectivity index (χ3v) is 7.70. The van der Waals surface area contributed by atoms with Gasteiger partial charge in [0.2, 0.25) is 10.0 Å². The SMILES string of the molecule is CCCS(=O)(=O)N1CCC2(CC1)OCCC2CCOCc1cccnc1. The molecule has 26 heavy (non-hydrogen) atoms. The maximum absolute atomic E-state index is 12.3. The Labute approximate surface area is 156 Å². The van der Waals surface area contributed by atoms with Crippen molar-refractivity contribution in [3.8, 4) is 0 Å². The average molecular weight is 383 g/mol. The van der Waals surface area contributed by atoms with Crippen molar-refractivity contribution in [2.75, 3.05) is 32.1 Å². The highest BCUT2D eigenvalue weighted by Crippen LogP contribution is 2.42. The van der Waals surface area contributed by atoms with Crippen LogP contribution in [0.4, 0.5) is 0 Å². The number of pyridine rings is 1. The van der Waals surface area contributed by atoms with E-state index in [9.17, 15) is 8.42 Å². The largest absolute Gasteiger partial charge is 0.377 e. The molecule has 0 N–H and O–H groups in total. The van der Waals surface area contributed by atoms with E-state index in [4.69, 9.17) is 9.47 Å². The van der Waals surface area contributed by atoms with Gasteiger partial charge in [0.1, 0.15) is 0 Å². The molecule has 2 aliphatic rings. The monoisotopic (exact) mass is 382 g/mol. The van der Waals surface area contributed by atoms with E-state index >= 15 is 0 Å². The number of nitrogens with zero attached hydrogens (tertiary/aromatic N) is 2. The van der Waals surface area contributed by atoms with Gasteiger partial charge in [-0.15, -0.1) is 0 Å². The molecule has 1 unspecified atom stereocenters. The fourth-order valence-corrected chi connectivity index (χ4v) is 5.69. The second-order valence-electron chi connectivity index (χ2n) is 7.32. The Kier molecular flexibility index (Phi) is 6.66. The molecule has 0 amide bonds. The minimum absolute atomic E-state index is 0.157. The molecule has 2 aliphatic heterocycles. The predicted octanol–water partition coefficient (Wildman–Crippen LogP) is 2.60. The number of rotatable bonds is 8. The Morgan fingerprint density at radius 1 is 1.38 bits per heavy atom. The standard InChI is InChI=1S/C19H30N2O4S/c1-2-14-26(22,23)21-10-7-19(8-11-21)18(6-13-25-19)5-12-24-16-17-4-3-9-20-15-17/h3-4,9,15,18H,2,5-8,10-14,16H2,1H3. The van der Waals surface area contributed by atoms with Gasteiger partial charge in [0, 0.05) is 38.7 Å². The van der Waals surface area contributed by atoms with Crippen molar-refractivity contribution in [1.29, 1.82) is 0 Å². The van der Waals surface area contributed by atoms with E-state index in [1.54, 1.807) is 10.5 Å². The van der Waals surface area contributed by atoms with Crippen molar-refractivity contribution in [1.82, 2.24) is 9.29 Å². The van der Waals surface area contributed by atoms with Gasteiger partial charge in [-0.3, -0.25) is 4.98 Å². The summed E-state index contributed by atoms with van der Waals surface area (Å²) in [5, 5.41) is 0. The second-order valence-corrected chi connectivity index (χ2v) is 9.40. The zero-order valence-corrected chi connectivity index (χ0v) is 16.4. The van der Waals surface area contributed by atoms with Crippen molar-refractivity contribution in [2.45, 2.75) is 51.2 Å². The third-order valence-electron chi connectivity index (χ3n) is 5.63. The number of hydrogen-bond donors (Lipinski definition) is 0. The number of ether oxygens (including phenoxy) is 2. The molecular formula is C19H30N2O4S. The number of piperidine rings is 1. The summed E-state index contributed by atoms with van der Waals surface area (Å²) < 4.78 is 38.2. The van der Waals surface area contributed by atoms with Crippen LogP contribution in [0.15, 0.2) is 24.5 Å². The van der Waals surface area contributed by atoms with Crippen LogP contribution in [0.5, 0.6) is 0 Å². The molecule has 7 heteroatoms. The fourth-order valence-electron chi connectivity index (χ4n) is 4.17. The Morgan fingerprint density at radius 2 is 2.19 bits per heavy atom. The summed E-state index contributed by atoms with van der Waals surface area (Å²) >= 11 is 0. The predicted molar refractivity (Wildman–Crippen MR) is 100 cm³/mol. The molecule has 2 fully saturated rings. The van der Waals surface area contributed by atoms with Gasteiger partial charge in [-0.25, -0.2) is 12.7 Å². The minimum atomic E-state index is -3.10. The molecule has 1 spiro atoms. The molecule has 3 heterocycles. The smallest absolute Gasteiger partial charge is 0.214 e. The van der Waals surface area contributed by atoms with Crippen LogP contribution < -0.4 is 0 Å². The molecule has 0 aliphatic carbocycles. The van der Waals surface area contributed by atoms with Gasteiger partial charge in [-0.1, -0.05) is 13.0 Å². The number of aromatic nitrogens is 1. The third kappa shape index (κ3) is 4.63. The summed E-state index contributed by atoms with van der Waals surface area (Å²) in [6.45, 7) is 5.12. The van der Waals surface area contributed by atoms with Crippen LogP contribution in [-0.2, 0) is 26.1 Å². The zero-order chi connectivity index (χ0) is 18.5. The Bertz CT molecular complexity index is 657. The normalized spacial score (nSPS) is 23.5. The molecule has 0 saturated carbocycles. The van der Waals surface area contributed by atoms with Crippen LogP contribution in [0.3, 0.4) is 0 Å². The molecular weight excluding hydrogens is 352 g/mol. The van der Waals surface area contributed by atoms with E-state index in [-0.39, 0.29) is 11.4 Å². The van der Waals surface area contributed by atoms with Gasteiger partial charge in [-0.2, -0.15) is 0 Å². The lowest BCUT2D eigenvalue weighted by atomic mass is 9.78. The molecule has 0 aromatic carbocycles. The van der Waals surface area contributed by atoms with Gasteiger partial charge in [-0.05, 0) is 49.7 Å². The van der Waals surface area contributed by atoms with E-state index in [1.807, 2.05) is 25.3 Å². The Balaban J connectivity index is 1.47. The van der Waals surface area contributed by atoms with Crippen molar-refractivity contribution >= 4 is 10.0 Å². The van der Waals surface area contributed by atoms with Gasteiger partial charge >= 0.3 is 0 Å². The molecule has 0 radical (unpaired) electrons. The van der Waals surface area contributed by atoms with Crippen LogP contribution in [0.1, 0.15) is 44.6 Å². The summed E-state index contributed by atoms with van der Waals surface area (Å²) in [6.07, 6.45) is 7.84. The lowest BCUT2D eigenvalue weighted by molar-refractivity contribution is -0.0618. The first kappa shape index (κ1) is 19.7. The lowest BCUT2D eigenvalue weighted by Gasteiger charge is -2.41. The second kappa shape index (κ2) is 8.78. The van der Waals surface area contributed by atoms with Crippen LogP contribution in [-0.4, -0.2) is 55.4 Å². The summed E-state index contributed by atoms with van der Waals surface area (Å²) in [6, 6.07) is 3.93. The fraction of sp³-hybridized carbons (Fsp3) is 0.737. The first-order valence-corrected chi connectivity index (χ1v) is 11.2. The van der Waals surface area contributed by atoms with Crippen molar-refractivity contribution in [3.63, 3.8) is 0 Å².